The molecule has 1 aromatic heterocycles. The Morgan fingerprint density at radius 2 is 2.00 bits per heavy atom. The Bertz CT molecular complexity index is 671. The molecule has 0 spiro atoms. The van der Waals surface area contributed by atoms with Crippen LogP contribution in [0.25, 0.3) is 0 Å². The first-order valence-corrected chi connectivity index (χ1v) is 6.73. The number of aromatic nitrogens is 2. The van der Waals surface area contributed by atoms with Crippen LogP contribution in [0.3, 0.4) is 0 Å². The van der Waals surface area contributed by atoms with E-state index in [1.165, 1.54) is 7.05 Å². The molecule has 0 radical (unpaired) electrons. The Balaban J connectivity index is 2.23. The summed E-state index contributed by atoms with van der Waals surface area (Å²) >= 11 is 9.15. The van der Waals surface area contributed by atoms with Crippen molar-refractivity contribution in [2.75, 3.05) is 12.4 Å². The van der Waals surface area contributed by atoms with Crippen molar-refractivity contribution in [2.24, 2.45) is 0 Å². The number of carbonyl (C=O) groups is 2. The number of amides is 2. The van der Waals surface area contributed by atoms with Gasteiger partial charge in [-0.1, -0.05) is 23.7 Å². The molecule has 6 nitrogen and oxygen atoms in total. The van der Waals surface area contributed by atoms with E-state index in [0.717, 1.165) is 0 Å². The standard InChI is InChI=1S/C12H10BrClN4O2/c1-15-12(20)9-8(13)10(18-17-9)16-11(19)6-4-2-3-5-7(6)14/h2-5H,1H3,(H,15,20)(H2,16,17,18,19). The minimum Gasteiger partial charge on any atom is -0.354 e. The second-order valence-corrected chi connectivity index (χ2v) is 4.97. The second-order valence-electron chi connectivity index (χ2n) is 3.77. The lowest BCUT2D eigenvalue weighted by Crippen LogP contribution is -2.18. The van der Waals surface area contributed by atoms with Crippen LogP contribution in [0.5, 0.6) is 0 Å². The van der Waals surface area contributed by atoms with Crippen molar-refractivity contribution >= 4 is 45.2 Å². The van der Waals surface area contributed by atoms with Gasteiger partial charge in [0.05, 0.1) is 15.1 Å². The summed E-state index contributed by atoms with van der Waals surface area (Å²) in [6, 6.07) is 6.65. The van der Waals surface area contributed by atoms with E-state index in [1.807, 2.05) is 0 Å². The third kappa shape index (κ3) is 2.83. The zero-order valence-corrected chi connectivity index (χ0v) is 12.7. The summed E-state index contributed by atoms with van der Waals surface area (Å²) in [5.41, 5.74) is 0.549. The average Bonchev–Trinajstić information content (AvgIpc) is 2.80. The fourth-order valence-corrected chi connectivity index (χ4v) is 2.18. The molecule has 20 heavy (non-hydrogen) atoms. The number of aromatic amines is 1. The zero-order valence-electron chi connectivity index (χ0n) is 10.3. The van der Waals surface area contributed by atoms with Crippen molar-refractivity contribution in [3.05, 3.63) is 45.0 Å². The monoisotopic (exact) mass is 356 g/mol. The van der Waals surface area contributed by atoms with Gasteiger partial charge in [0.25, 0.3) is 11.8 Å². The van der Waals surface area contributed by atoms with Crippen molar-refractivity contribution in [3.8, 4) is 0 Å². The average molecular weight is 358 g/mol. The van der Waals surface area contributed by atoms with Crippen LogP contribution in [-0.4, -0.2) is 29.1 Å². The molecule has 8 heteroatoms. The van der Waals surface area contributed by atoms with Gasteiger partial charge in [0, 0.05) is 7.05 Å². The number of halogens is 2. The first-order valence-electron chi connectivity index (χ1n) is 5.56. The molecule has 0 saturated heterocycles. The number of nitrogens with one attached hydrogen (secondary N) is 3. The van der Waals surface area contributed by atoms with Crippen LogP contribution >= 0.6 is 27.5 Å². The molecule has 104 valence electrons. The Kier molecular flexibility index (Phi) is 4.41. The van der Waals surface area contributed by atoms with E-state index in [-0.39, 0.29) is 17.4 Å². The molecule has 0 unspecified atom stereocenters. The predicted molar refractivity (Wildman–Crippen MR) is 79.1 cm³/mol. The normalized spacial score (nSPS) is 10.2. The first-order chi connectivity index (χ1) is 9.54. The minimum absolute atomic E-state index is 0.216. The molecule has 3 N–H and O–H groups in total. The van der Waals surface area contributed by atoms with Crippen molar-refractivity contribution < 1.29 is 9.59 Å². The van der Waals surface area contributed by atoms with Crippen LogP contribution in [-0.2, 0) is 0 Å². The summed E-state index contributed by atoms with van der Waals surface area (Å²) in [6.45, 7) is 0. The molecule has 1 aromatic carbocycles. The van der Waals surface area contributed by atoms with Gasteiger partial charge in [-0.3, -0.25) is 14.7 Å². The highest BCUT2D eigenvalue weighted by molar-refractivity contribution is 9.10. The highest BCUT2D eigenvalue weighted by Crippen LogP contribution is 2.25. The Labute approximate surface area is 128 Å². The van der Waals surface area contributed by atoms with Crippen molar-refractivity contribution in [1.29, 1.82) is 0 Å². The van der Waals surface area contributed by atoms with Crippen molar-refractivity contribution in [3.63, 3.8) is 0 Å². The maximum Gasteiger partial charge on any atom is 0.270 e. The molecule has 0 bridgehead atoms. The number of hydrogen-bond acceptors (Lipinski definition) is 3. The highest BCUT2D eigenvalue weighted by Gasteiger charge is 2.19. The summed E-state index contributed by atoms with van der Waals surface area (Å²) in [6.07, 6.45) is 0. The van der Waals surface area contributed by atoms with E-state index >= 15 is 0 Å². The van der Waals surface area contributed by atoms with Gasteiger partial charge in [0.2, 0.25) is 0 Å². The van der Waals surface area contributed by atoms with Crippen LogP contribution < -0.4 is 10.6 Å². The van der Waals surface area contributed by atoms with Crippen LogP contribution in [0.1, 0.15) is 20.8 Å². The molecule has 1 heterocycles. The predicted octanol–water partition coefficient (Wildman–Crippen LogP) is 2.44. The molecule has 2 aromatic rings. The van der Waals surface area contributed by atoms with Crippen molar-refractivity contribution in [1.82, 2.24) is 15.5 Å². The maximum atomic E-state index is 12.1. The lowest BCUT2D eigenvalue weighted by molar-refractivity contribution is 0.0956. The largest absolute Gasteiger partial charge is 0.354 e. The molecular weight excluding hydrogens is 348 g/mol. The number of nitrogens with zero attached hydrogens (tertiary/aromatic N) is 1. The SMILES string of the molecule is CNC(=O)c1[nH]nc(NC(=O)c2ccccc2Cl)c1Br. The Morgan fingerprint density at radius 3 is 2.65 bits per heavy atom. The van der Waals surface area contributed by atoms with Gasteiger partial charge >= 0.3 is 0 Å². The van der Waals surface area contributed by atoms with Gasteiger partial charge in [0.15, 0.2) is 5.82 Å². The maximum absolute atomic E-state index is 12.1. The number of H-pyrrole nitrogens is 1. The van der Waals surface area contributed by atoms with Gasteiger partial charge in [-0.15, -0.1) is 0 Å². The van der Waals surface area contributed by atoms with E-state index in [9.17, 15) is 9.59 Å². The van der Waals surface area contributed by atoms with Gasteiger partial charge < -0.3 is 10.6 Å². The summed E-state index contributed by atoms with van der Waals surface area (Å²) in [5, 5.41) is 11.8. The second kappa shape index (κ2) is 6.06. The number of anilines is 1. The summed E-state index contributed by atoms with van der Waals surface area (Å²) in [7, 11) is 1.50. The van der Waals surface area contributed by atoms with E-state index in [0.29, 0.717) is 15.1 Å². The van der Waals surface area contributed by atoms with Gasteiger partial charge in [-0.05, 0) is 28.1 Å². The fourth-order valence-electron chi connectivity index (χ4n) is 1.51. The number of hydrogen-bond donors (Lipinski definition) is 3. The minimum atomic E-state index is -0.411. The van der Waals surface area contributed by atoms with E-state index in [2.05, 4.69) is 36.8 Å². The molecule has 0 aliphatic carbocycles. The Hall–Kier alpha value is -1.86. The molecular formula is C12H10BrClN4O2. The fraction of sp³-hybridized carbons (Fsp3) is 0.0833. The van der Waals surface area contributed by atoms with Crippen LogP contribution in [0.15, 0.2) is 28.7 Å². The van der Waals surface area contributed by atoms with E-state index < -0.39 is 5.91 Å². The van der Waals surface area contributed by atoms with Gasteiger partial charge in [-0.2, -0.15) is 5.10 Å². The van der Waals surface area contributed by atoms with E-state index in [1.54, 1.807) is 24.3 Å². The summed E-state index contributed by atoms with van der Waals surface area (Å²) in [4.78, 5) is 23.6. The molecule has 0 aliphatic heterocycles. The van der Waals surface area contributed by atoms with Crippen LogP contribution in [0.4, 0.5) is 5.82 Å². The molecule has 2 rings (SSSR count). The summed E-state index contributed by atoms with van der Waals surface area (Å²) in [5.74, 6) is -0.539. The smallest absolute Gasteiger partial charge is 0.270 e. The highest BCUT2D eigenvalue weighted by atomic mass is 79.9. The number of rotatable bonds is 3. The molecule has 0 atom stereocenters. The Morgan fingerprint density at radius 1 is 1.30 bits per heavy atom. The summed E-state index contributed by atoms with van der Waals surface area (Å²) < 4.78 is 0.372. The topological polar surface area (TPSA) is 86.9 Å². The molecule has 0 fully saturated rings. The van der Waals surface area contributed by atoms with Gasteiger partial charge in [-0.25, -0.2) is 0 Å². The number of carbonyl (C=O) groups excluding carboxylic acids is 2. The lowest BCUT2D eigenvalue weighted by atomic mass is 10.2. The van der Waals surface area contributed by atoms with Gasteiger partial charge in [0.1, 0.15) is 5.69 Å². The van der Waals surface area contributed by atoms with Crippen LogP contribution in [0, 0.1) is 0 Å². The number of benzene rings is 1. The van der Waals surface area contributed by atoms with Crippen molar-refractivity contribution in [2.45, 2.75) is 0 Å². The molecule has 2 amide bonds. The zero-order chi connectivity index (χ0) is 14.7. The first kappa shape index (κ1) is 14.5. The third-order valence-electron chi connectivity index (χ3n) is 2.51. The quantitative estimate of drug-likeness (QED) is 0.788. The molecule has 0 saturated carbocycles. The molecule has 0 aliphatic rings. The third-order valence-corrected chi connectivity index (χ3v) is 3.61. The van der Waals surface area contributed by atoms with E-state index in [4.69, 9.17) is 11.6 Å². The lowest BCUT2D eigenvalue weighted by Gasteiger charge is -2.04. The van der Waals surface area contributed by atoms with Crippen LogP contribution in [0.2, 0.25) is 5.02 Å².